The van der Waals surface area contributed by atoms with Gasteiger partial charge in [-0.1, -0.05) is 212 Å². The van der Waals surface area contributed by atoms with Crippen LogP contribution in [0.2, 0.25) is 0 Å². The van der Waals surface area contributed by atoms with Gasteiger partial charge in [0.1, 0.15) is 0 Å². The van der Waals surface area contributed by atoms with Gasteiger partial charge < -0.3 is 9.47 Å². The Labute approximate surface area is 366 Å². The zero-order chi connectivity index (χ0) is 41.7. The van der Waals surface area contributed by atoms with Crippen LogP contribution in [0.25, 0.3) is 67.3 Å². The van der Waals surface area contributed by atoms with Crippen molar-refractivity contribution in [1.82, 2.24) is 9.97 Å². The molecule has 0 atom stereocenters. The number of rotatable bonds is 7. The Morgan fingerprint density at radius 3 is 1.54 bits per heavy atom. The van der Waals surface area contributed by atoms with E-state index in [2.05, 4.69) is 194 Å². The minimum atomic E-state index is -0.548. The highest BCUT2D eigenvalue weighted by Crippen LogP contribution is 2.62. The lowest BCUT2D eigenvalue weighted by Crippen LogP contribution is -2.28. The van der Waals surface area contributed by atoms with Crippen LogP contribution in [0.5, 0.6) is 23.0 Å². The van der Waals surface area contributed by atoms with E-state index in [-0.39, 0.29) is 0 Å². The van der Waals surface area contributed by atoms with Gasteiger partial charge in [-0.15, -0.1) is 0 Å². The Balaban J connectivity index is 0.957. The third-order valence-corrected chi connectivity index (χ3v) is 12.5. The quantitative estimate of drug-likeness (QED) is 0.161. The van der Waals surface area contributed by atoms with Crippen molar-refractivity contribution in [3.05, 3.63) is 253 Å². The number of aromatic nitrogens is 2. The van der Waals surface area contributed by atoms with Crippen LogP contribution in [0.4, 0.5) is 0 Å². The molecule has 4 heteroatoms. The fraction of sp³-hybridized carbons (Fsp3) is 0.0169. The molecule has 12 rings (SSSR count). The summed E-state index contributed by atoms with van der Waals surface area (Å²) in [5.74, 6) is 3.46. The highest BCUT2D eigenvalue weighted by atomic mass is 16.6. The zero-order valence-corrected chi connectivity index (χ0v) is 34.2. The highest BCUT2D eigenvalue weighted by molar-refractivity contribution is 5.93. The van der Waals surface area contributed by atoms with Crippen molar-refractivity contribution in [2.24, 2.45) is 0 Å². The third kappa shape index (κ3) is 5.99. The van der Waals surface area contributed by atoms with Crippen LogP contribution in [0, 0.1) is 0 Å². The number of hydrogen-bond acceptors (Lipinski definition) is 4. The fourth-order valence-electron chi connectivity index (χ4n) is 9.66. The van der Waals surface area contributed by atoms with Crippen molar-refractivity contribution < 1.29 is 9.47 Å². The molecular weight excluding hydrogens is 769 g/mol. The van der Waals surface area contributed by atoms with Gasteiger partial charge in [0.05, 0.1) is 16.8 Å². The third-order valence-electron chi connectivity index (χ3n) is 12.5. The first kappa shape index (κ1) is 36.5. The lowest BCUT2D eigenvalue weighted by atomic mass is 9.68. The van der Waals surface area contributed by atoms with Gasteiger partial charge in [0, 0.05) is 27.8 Å². The maximum atomic E-state index is 7.17. The Hall–Kier alpha value is -8.34. The average Bonchev–Trinajstić information content (AvgIpc) is 3.68. The molecule has 1 aromatic heterocycles. The molecule has 0 spiro atoms. The summed E-state index contributed by atoms with van der Waals surface area (Å²) >= 11 is 0. The van der Waals surface area contributed by atoms with E-state index in [1.54, 1.807) is 0 Å². The zero-order valence-electron chi connectivity index (χ0n) is 34.2. The van der Waals surface area contributed by atoms with E-state index < -0.39 is 5.41 Å². The van der Waals surface area contributed by atoms with Crippen molar-refractivity contribution in [2.45, 2.75) is 5.41 Å². The molecule has 0 unspecified atom stereocenters. The monoisotopic (exact) mass is 806 g/mol. The summed E-state index contributed by atoms with van der Waals surface area (Å²) in [5, 5.41) is 0. The predicted molar refractivity (Wildman–Crippen MR) is 253 cm³/mol. The molecule has 4 nitrogen and oxygen atoms in total. The molecule has 0 bridgehead atoms. The van der Waals surface area contributed by atoms with Gasteiger partial charge in [-0.2, -0.15) is 0 Å². The van der Waals surface area contributed by atoms with Crippen molar-refractivity contribution in [3.8, 4) is 90.3 Å². The smallest absolute Gasteiger partial charge is 0.178 e. The summed E-state index contributed by atoms with van der Waals surface area (Å²) in [6, 6.07) is 80.6. The van der Waals surface area contributed by atoms with Crippen molar-refractivity contribution in [2.75, 3.05) is 0 Å². The summed E-state index contributed by atoms with van der Waals surface area (Å²) in [6.07, 6.45) is 0. The first-order valence-electron chi connectivity index (χ1n) is 21.3. The maximum Gasteiger partial charge on any atom is 0.178 e. The first-order chi connectivity index (χ1) is 31.2. The summed E-state index contributed by atoms with van der Waals surface area (Å²) in [7, 11) is 0. The Bertz CT molecular complexity index is 3270. The number of nitrogens with zero attached hydrogens (tertiary/aromatic N) is 2. The van der Waals surface area contributed by atoms with Crippen LogP contribution in [-0.4, -0.2) is 9.97 Å². The van der Waals surface area contributed by atoms with E-state index in [1.807, 2.05) is 36.4 Å². The van der Waals surface area contributed by atoms with Gasteiger partial charge in [-0.3, -0.25) is 0 Å². The van der Waals surface area contributed by atoms with E-state index in [0.717, 1.165) is 67.2 Å². The van der Waals surface area contributed by atoms with Gasteiger partial charge in [0.25, 0.3) is 0 Å². The fourth-order valence-corrected chi connectivity index (χ4v) is 9.66. The highest BCUT2D eigenvalue weighted by Gasteiger charge is 2.48. The van der Waals surface area contributed by atoms with Crippen LogP contribution in [0.1, 0.15) is 22.3 Å². The topological polar surface area (TPSA) is 44.2 Å². The van der Waals surface area contributed by atoms with Gasteiger partial charge in [0.2, 0.25) is 0 Å². The lowest BCUT2D eigenvalue weighted by molar-refractivity contribution is 0.361. The second kappa shape index (κ2) is 15.0. The molecule has 296 valence electrons. The van der Waals surface area contributed by atoms with E-state index in [1.165, 1.54) is 22.3 Å². The minimum Gasteiger partial charge on any atom is -0.449 e. The van der Waals surface area contributed by atoms with Gasteiger partial charge in [-0.05, 0) is 62.7 Å². The van der Waals surface area contributed by atoms with Gasteiger partial charge in [0.15, 0.2) is 28.8 Å². The maximum absolute atomic E-state index is 7.17. The molecule has 1 aliphatic heterocycles. The molecule has 1 aliphatic carbocycles. The normalized spacial score (nSPS) is 12.8. The molecule has 0 saturated carbocycles. The molecular formula is C59H38N2O2. The second-order valence-electron chi connectivity index (χ2n) is 16.0. The minimum absolute atomic E-state index is 0.548. The van der Waals surface area contributed by atoms with Gasteiger partial charge >= 0.3 is 0 Å². The van der Waals surface area contributed by atoms with E-state index in [0.29, 0.717) is 23.1 Å². The van der Waals surface area contributed by atoms with E-state index in [9.17, 15) is 0 Å². The summed E-state index contributed by atoms with van der Waals surface area (Å²) in [5.41, 5.74) is 15.3. The number of fused-ring (bicyclic) bond motifs is 6. The Morgan fingerprint density at radius 2 is 0.841 bits per heavy atom. The van der Waals surface area contributed by atoms with Crippen LogP contribution in [0.15, 0.2) is 231 Å². The number of benzene rings is 9. The number of ether oxygens (including phenoxy) is 2. The van der Waals surface area contributed by atoms with E-state index in [4.69, 9.17) is 19.4 Å². The largest absolute Gasteiger partial charge is 0.449 e. The molecule has 0 saturated heterocycles. The van der Waals surface area contributed by atoms with Crippen molar-refractivity contribution >= 4 is 0 Å². The van der Waals surface area contributed by atoms with Crippen LogP contribution in [0.3, 0.4) is 0 Å². The second-order valence-corrected chi connectivity index (χ2v) is 16.0. The summed E-state index contributed by atoms with van der Waals surface area (Å²) in [6.45, 7) is 0. The van der Waals surface area contributed by atoms with Crippen molar-refractivity contribution in [1.29, 1.82) is 0 Å². The molecule has 0 radical (unpaired) electrons. The molecule has 2 heterocycles. The van der Waals surface area contributed by atoms with Crippen LogP contribution in [-0.2, 0) is 5.41 Å². The van der Waals surface area contributed by atoms with Crippen LogP contribution < -0.4 is 9.47 Å². The number of para-hydroxylation sites is 1. The molecule has 2 aliphatic rings. The molecule has 0 fully saturated rings. The summed E-state index contributed by atoms with van der Waals surface area (Å²) < 4.78 is 13.9. The Kier molecular flexibility index (Phi) is 8.68. The SMILES string of the molecule is c1ccc(-c2nc(-c3ccc(-c4cccc5c4Oc4c(ccc6c4-c4ccccc4C6(c4ccccc4)c4ccccc4)O5)cc3)cc(-c3ccccc3-c3ccccc3)n2)cc1. The molecule has 63 heavy (non-hydrogen) atoms. The van der Waals surface area contributed by atoms with Crippen LogP contribution >= 0.6 is 0 Å². The van der Waals surface area contributed by atoms with E-state index >= 15 is 0 Å². The predicted octanol–water partition coefficient (Wildman–Crippen LogP) is 15.1. The van der Waals surface area contributed by atoms with Gasteiger partial charge in [-0.25, -0.2) is 9.97 Å². The first-order valence-corrected chi connectivity index (χ1v) is 21.3. The van der Waals surface area contributed by atoms with Crippen molar-refractivity contribution in [3.63, 3.8) is 0 Å². The Morgan fingerprint density at radius 1 is 0.317 bits per heavy atom. The molecule has 9 aromatic carbocycles. The molecule has 10 aromatic rings. The standard InChI is InChI=1S/C59H38N2O2/c1-5-18-39(19-6-1)45-26-13-14-27-47(45)52-38-51(60-58(61-52)42-20-7-2-8-21-42)41-34-32-40(33-35-41)46-29-17-31-53-56(46)63-57-54(62-53)37-36-50-55(57)48-28-15-16-30-49(48)59(50,43-22-9-3-10-23-43)44-24-11-4-12-25-44/h1-38H. The molecule has 0 N–H and O–H groups in total. The summed E-state index contributed by atoms with van der Waals surface area (Å²) in [4.78, 5) is 10.3. The molecule has 0 amide bonds. The lowest BCUT2D eigenvalue weighted by Gasteiger charge is -2.34. The number of hydrogen-bond donors (Lipinski definition) is 0. The average molecular weight is 807 g/mol.